The van der Waals surface area contributed by atoms with Gasteiger partial charge in [0.15, 0.2) is 0 Å². The van der Waals surface area contributed by atoms with Crippen molar-refractivity contribution in [3.63, 3.8) is 0 Å². The maximum Gasteiger partial charge on any atom is 0.416 e. The fourth-order valence-corrected chi connectivity index (χ4v) is 3.48. The lowest BCUT2D eigenvalue weighted by atomic mass is 10.2. The van der Waals surface area contributed by atoms with Crippen molar-refractivity contribution >= 4 is 29.0 Å². The van der Waals surface area contributed by atoms with Crippen molar-refractivity contribution in [2.45, 2.75) is 12.6 Å². The Labute approximate surface area is 169 Å². The van der Waals surface area contributed by atoms with Gasteiger partial charge in [0.1, 0.15) is 11.6 Å². The molecule has 3 aromatic rings. The largest absolute Gasteiger partial charge is 0.416 e. The van der Waals surface area contributed by atoms with Crippen molar-refractivity contribution < 1.29 is 22.8 Å². The van der Waals surface area contributed by atoms with E-state index in [1.807, 2.05) is 4.90 Å². The molecule has 0 radical (unpaired) electrons. The van der Waals surface area contributed by atoms with Crippen molar-refractivity contribution in [3.8, 4) is 11.4 Å². The third-order valence-corrected chi connectivity index (χ3v) is 5.06. The van der Waals surface area contributed by atoms with Crippen LogP contribution in [0, 0.1) is 0 Å². The zero-order valence-corrected chi connectivity index (χ0v) is 15.8. The topological polar surface area (TPSA) is 82.2 Å². The normalized spacial score (nSPS) is 15.3. The summed E-state index contributed by atoms with van der Waals surface area (Å²) in [6.45, 7) is 2.20. The number of nitrogens with one attached hydrogen (secondary N) is 1. The average Bonchev–Trinajstić information content (AvgIpc) is 3.01. The molecule has 1 aliphatic rings. The Morgan fingerprint density at radius 1 is 1.10 bits per heavy atom. The standard InChI is InChI=1S/C20H18F3N5O2/c21-20(22,23)14-3-4-15-16(10-14)26-19(25-15)13-2-5-17(24-11-13)27-6-1-7-28(9-8-27)18(30)12-29/h2-5,10-12H,1,6-9H2,(H,25,26). The van der Waals surface area contributed by atoms with Crippen molar-refractivity contribution in [2.75, 3.05) is 31.1 Å². The molecule has 1 aliphatic heterocycles. The van der Waals surface area contributed by atoms with E-state index in [9.17, 15) is 22.8 Å². The maximum absolute atomic E-state index is 12.9. The number of halogens is 3. The van der Waals surface area contributed by atoms with E-state index in [2.05, 4.69) is 15.0 Å². The Hall–Kier alpha value is -3.43. The highest BCUT2D eigenvalue weighted by molar-refractivity contribution is 6.23. The van der Waals surface area contributed by atoms with Crippen LogP contribution in [0.3, 0.4) is 0 Å². The molecular weight excluding hydrogens is 399 g/mol. The number of amides is 1. The summed E-state index contributed by atoms with van der Waals surface area (Å²) in [5.74, 6) is 0.635. The van der Waals surface area contributed by atoms with Crippen LogP contribution in [0.2, 0.25) is 0 Å². The number of nitrogens with zero attached hydrogens (tertiary/aromatic N) is 4. The summed E-state index contributed by atoms with van der Waals surface area (Å²) in [5, 5.41) is 0. The molecule has 0 atom stereocenters. The number of carbonyl (C=O) groups is 2. The monoisotopic (exact) mass is 417 g/mol. The van der Waals surface area contributed by atoms with Gasteiger partial charge in [-0.2, -0.15) is 13.2 Å². The molecule has 1 fully saturated rings. The average molecular weight is 417 g/mol. The Balaban J connectivity index is 1.52. The van der Waals surface area contributed by atoms with Crippen LogP contribution >= 0.6 is 0 Å². The summed E-state index contributed by atoms with van der Waals surface area (Å²) in [6, 6.07) is 6.98. The van der Waals surface area contributed by atoms with Gasteiger partial charge in [0, 0.05) is 37.9 Å². The summed E-state index contributed by atoms with van der Waals surface area (Å²) in [6.07, 6.45) is -1.76. The first-order chi connectivity index (χ1) is 14.3. The summed E-state index contributed by atoms with van der Waals surface area (Å²) >= 11 is 0. The number of carbonyl (C=O) groups excluding carboxylic acids is 2. The Morgan fingerprint density at radius 2 is 1.93 bits per heavy atom. The van der Waals surface area contributed by atoms with E-state index in [1.165, 1.54) is 11.0 Å². The predicted octanol–water partition coefficient (Wildman–Crippen LogP) is 2.88. The number of aromatic amines is 1. The first kappa shape index (κ1) is 19.9. The summed E-state index contributed by atoms with van der Waals surface area (Å²) in [7, 11) is 0. The summed E-state index contributed by atoms with van der Waals surface area (Å²) in [4.78, 5) is 37.5. The zero-order chi connectivity index (χ0) is 21.3. The maximum atomic E-state index is 12.9. The smallest absolute Gasteiger partial charge is 0.355 e. The Morgan fingerprint density at radius 3 is 2.63 bits per heavy atom. The van der Waals surface area contributed by atoms with Crippen molar-refractivity contribution in [1.29, 1.82) is 0 Å². The fourth-order valence-electron chi connectivity index (χ4n) is 3.48. The quantitative estimate of drug-likeness (QED) is 0.524. The van der Waals surface area contributed by atoms with Crippen LogP contribution in [0.5, 0.6) is 0 Å². The van der Waals surface area contributed by atoms with Gasteiger partial charge in [0.25, 0.3) is 5.91 Å². The Kier molecular flexibility index (Phi) is 5.15. The lowest BCUT2D eigenvalue weighted by Crippen LogP contribution is -2.35. The molecule has 1 amide bonds. The fraction of sp³-hybridized carbons (Fsp3) is 0.300. The number of H-pyrrole nitrogens is 1. The van der Waals surface area contributed by atoms with Gasteiger partial charge in [-0.3, -0.25) is 9.59 Å². The van der Waals surface area contributed by atoms with Crippen molar-refractivity contribution in [1.82, 2.24) is 19.9 Å². The number of alkyl halides is 3. The van der Waals surface area contributed by atoms with E-state index >= 15 is 0 Å². The van der Waals surface area contributed by atoms with Gasteiger partial charge in [-0.15, -0.1) is 0 Å². The summed E-state index contributed by atoms with van der Waals surface area (Å²) < 4.78 is 38.7. The van der Waals surface area contributed by atoms with Crippen LogP contribution in [-0.2, 0) is 15.8 Å². The van der Waals surface area contributed by atoms with Crippen LogP contribution in [0.15, 0.2) is 36.5 Å². The number of aldehydes is 1. The third kappa shape index (κ3) is 3.98. The Bertz CT molecular complexity index is 1080. The minimum atomic E-state index is -4.41. The second-order valence-corrected chi connectivity index (χ2v) is 7.00. The minimum Gasteiger partial charge on any atom is -0.355 e. The molecule has 10 heteroatoms. The molecule has 156 valence electrons. The molecule has 0 spiro atoms. The molecule has 1 N–H and O–H groups in total. The van der Waals surface area contributed by atoms with Crippen LogP contribution in [0.4, 0.5) is 19.0 Å². The molecule has 4 rings (SSSR count). The molecule has 2 aromatic heterocycles. The number of hydrogen-bond donors (Lipinski definition) is 1. The van der Waals surface area contributed by atoms with E-state index in [0.29, 0.717) is 61.3 Å². The first-order valence-corrected chi connectivity index (χ1v) is 9.37. The third-order valence-electron chi connectivity index (χ3n) is 5.06. The van der Waals surface area contributed by atoms with E-state index < -0.39 is 17.6 Å². The SMILES string of the molecule is O=CC(=O)N1CCCN(c2ccc(-c3nc4ccc(C(F)(F)F)cc4[nH]3)cn2)CC1. The van der Waals surface area contributed by atoms with Crippen LogP contribution in [0.25, 0.3) is 22.4 Å². The van der Waals surface area contributed by atoms with Crippen molar-refractivity contribution in [2.24, 2.45) is 0 Å². The van der Waals surface area contributed by atoms with E-state index in [0.717, 1.165) is 18.0 Å². The van der Waals surface area contributed by atoms with Gasteiger partial charge in [0.2, 0.25) is 6.29 Å². The predicted molar refractivity (Wildman–Crippen MR) is 104 cm³/mol. The van der Waals surface area contributed by atoms with E-state index in [-0.39, 0.29) is 0 Å². The lowest BCUT2D eigenvalue weighted by Gasteiger charge is -2.22. The van der Waals surface area contributed by atoms with E-state index in [1.54, 1.807) is 18.3 Å². The first-order valence-electron chi connectivity index (χ1n) is 9.37. The number of hydrogen-bond acceptors (Lipinski definition) is 5. The van der Waals surface area contributed by atoms with Gasteiger partial charge >= 0.3 is 6.18 Å². The number of rotatable bonds is 3. The number of aromatic nitrogens is 3. The number of fused-ring (bicyclic) bond motifs is 1. The molecule has 1 saturated heterocycles. The van der Waals surface area contributed by atoms with Gasteiger partial charge in [-0.1, -0.05) is 0 Å². The van der Waals surface area contributed by atoms with Gasteiger partial charge in [-0.05, 0) is 36.8 Å². The minimum absolute atomic E-state index is 0.302. The highest BCUT2D eigenvalue weighted by Gasteiger charge is 2.30. The molecule has 7 nitrogen and oxygen atoms in total. The molecule has 0 saturated carbocycles. The molecule has 0 aliphatic carbocycles. The van der Waals surface area contributed by atoms with Crippen LogP contribution < -0.4 is 4.90 Å². The number of benzene rings is 1. The second kappa shape index (κ2) is 7.77. The molecule has 0 bridgehead atoms. The number of pyridine rings is 1. The molecular formula is C20H18F3N5O2. The van der Waals surface area contributed by atoms with Crippen LogP contribution in [-0.4, -0.2) is 58.2 Å². The molecule has 30 heavy (non-hydrogen) atoms. The van der Waals surface area contributed by atoms with Gasteiger partial charge in [-0.25, -0.2) is 9.97 Å². The van der Waals surface area contributed by atoms with E-state index in [4.69, 9.17) is 0 Å². The summed E-state index contributed by atoms with van der Waals surface area (Å²) in [5.41, 5.74) is 0.656. The van der Waals surface area contributed by atoms with Gasteiger partial charge < -0.3 is 14.8 Å². The zero-order valence-electron chi connectivity index (χ0n) is 15.8. The molecule has 3 heterocycles. The van der Waals surface area contributed by atoms with Crippen molar-refractivity contribution in [3.05, 3.63) is 42.1 Å². The highest BCUT2D eigenvalue weighted by atomic mass is 19.4. The lowest BCUT2D eigenvalue weighted by molar-refractivity contribution is -0.138. The molecule has 0 unspecified atom stereocenters. The van der Waals surface area contributed by atoms with Crippen LogP contribution in [0.1, 0.15) is 12.0 Å². The highest BCUT2D eigenvalue weighted by Crippen LogP contribution is 2.31. The number of imidazole rings is 1. The number of anilines is 1. The molecule has 1 aromatic carbocycles. The van der Waals surface area contributed by atoms with Gasteiger partial charge in [0.05, 0.1) is 16.6 Å². The second-order valence-electron chi connectivity index (χ2n) is 7.00.